The lowest BCUT2D eigenvalue weighted by molar-refractivity contribution is 0.410. The Hall–Kier alpha value is -1.74. The molecule has 14 nitrogen and oxygen atoms in total. The molecule has 0 saturated carbocycles. The van der Waals surface area contributed by atoms with Crippen LogP contribution in [0.15, 0.2) is 31.7 Å². The van der Waals surface area contributed by atoms with Crippen LogP contribution in [0.1, 0.15) is 0 Å². The fourth-order valence-electron chi connectivity index (χ4n) is 2.86. The molecule has 34 heavy (non-hydrogen) atoms. The quantitative estimate of drug-likeness (QED) is 0.330. The van der Waals surface area contributed by atoms with Crippen LogP contribution in [0.5, 0.6) is 11.5 Å². The fraction of sp³-hybridized carbons (Fsp3) is 0.143. The van der Waals surface area contributed by atoms with E-state index in [0.29, 0.717) is 12.1 Å². The van der Waals surface area contributed by atoms with Gasteiger partial charge in [0, 0.05) is 11.1 Å². The van der Waals surface area contributed by atoms with Crippen molar-refractivity contribution < 1.29 is 61.4 Å². The molecule has 0 unspecified atom stereocenters. The van der Waals surface area contributed by atoms with E-state index in [2.05, 4.69) is 0 Å². The Balaban J connectivity index is 3.51. The summed E-state index contributed by atoms with van der Waals surface area (Å²) >= 11 is 11.6. The monoisotopic (exact) mass is 602 g/mol. The lowest BCUT2D eigenvalue weighted by atomic mass is 10.0. The van der Waals surface area contributed by atoms with Gasteiger partial charge < -0.3 is 9.47 Å². The molecular formula is C14H12Cl2O14S4. The zero-order valence-electron chi connectivity index (χ0n) is 16.4. The summed E-state index contributed by atoms with van der Waals surface area (Å²) in [4.78, 5) is -6.85. The molecule has 2 aromatic carbocycles. The van der Waals surface area contributed by atoms with E-state index in [0.717, 1.165) is 14.2 Å². The SMILES string of the molecule is COc1cc(-c2cc(OC)c(Cl)c(S(=O)(=O)O)c2S(=O)(=O)O)c(S(=O)(=O)O)c(S(=O)(=O)O)c1Cl. The molecule has 0 spiro atoms. The predicted molar refractivity (Wildman–Crippen MR) is 114 cm³/mol. The molecule has 20 heteroatoms. The van der Waals surface area contributed by atoms with Crippen LogP contribution >= 0.6 is 23.2 Å². The normalized spacial score (nSPS) is 13.1. The third-order valence-electron chi connectivity index (χ3n) is 4.05. The first kappa shape index (κ1) is 28.5. The van der Waals surface area contributed by atoms with Crippen LogP contribution in [-0.2, 0) is 40.5 Å². The van der Waals surface area contributed by atoms with Crippen molar-refractivity contribution in [3.63, 3.8) is 0 Å². The maximum absolute atomic E-state index is 12.2. The summed E-state index contributed by atoms with van der Waals surface area (Å²) in [6.07, 6.45) is 0. The topological polar surface area (TPSA) is 236 Å². The molecule has 0 aliphatic rings. The van der Waals surface area contributed by atoms with Gasteiger partial charge in [0.15, 0.2) is 0 Å². The molecular weight excluding hydrogens is 591 g/mol. The fourth-order valence-corrected chi connectivity index (χ4v) is 8.18. The van der Waals surface area contributed by atoms with Gasteiger partial charge in [0.25, 0.3) is 40.5 Å². The summed E-state index contributed by atoms with van der Waals surface area (Å²) in [7, 11) is -20.9. The van der Waals surface area contributed by atoms with E-state index in [1.165, 1.54) is 0 Å². The van der Waals surface area contributed by atoms with Crippen molar-refractivity contribution in [3.05, 3.63) is 22.2 Å². The first-order valence-corrected chi connectivity index (χ1v) is 14.4. The van der Waals surface area contributed by atoms with E-state index in [4.69, 9.17) is 32.7 Å². The van der Waals surface area contributed by atoms with E-state index in [1.54, 1.807) is 0 Å². The molecule has 0 aromatic heterocycles. The molecule has 2 aromatic rings. The van der Waals surface area contributed by atoms with Gasteiger partial charge in [-0.2, -0.15) is 33.7 Å². The Morgan fingerprint density at radius 3 is 0.971 bits per heavy atom. The highest BCUT2D eigenvalue weighted by atomic mass is 35.5. The van der Waals surface area contributed by atoms with Gasteiger partial charge in [0.1, 0.15) is 41.1 Å². The van der Waals surface area contributed by atoms with Gasteiger partial charge in [0.2, 0.25) is 0 Å². The highest BCUT2D eigenvalue weighted by Crippen LogP contribution is 2.48. The van der Waals surface area contributed by atoms with Crippen molar-refractivity contribution in [1.82, 2.24) is 0 Å². The predicted octanol–water partition coefficient (Wildman–Crippen LogP) is 1.66. The Morgan fingerprint density at radius 1 is 0.559 bits per heavy atom. The maximum Gasteiger partial charge on any atom is 0.297 e. The first-order chi connectivity index (χ1) is 15.2. The Bertz CT molecular complexity index is 1500. The van der Waals surface area contributed by atoms with E-state index in [-0.39, 0.29) is 0 Å². The van der Waals surface area contributed by atoms with Crippen LogP contribution < -0.4 is 9.47 Å². The van der Waals surface area contributed by atoms with Crippen molar-refractivity contribution in [2.24, 2.45) is 0 Å². The number of halogens is 2. The van der Waals surface area contributed by atoms with Crippen LogP contribution in [0, 0.1) is 0 Å². The van der Waals surface area contributed by atoms with Crippen molar-refractivity contribution in [2.75, 3.05) is 14.2 Å². The molecule has 190 valence electrons. The second-order valence-corrected chi connectivity index (χ2v) is 12.3. The van der Waals surface area contributed by atoms with Gasteiger partial charge in [-0.05, 0) is 12.1 Å². The van der Waals surface area contributed by atoms with Crippen LogP contribution in [0.25, 0.3) is 11.1 Å². The van der Waals surface area contributed by atoms with E-state index in [9.17, 15) is 51.9 Å². The maximum atomic E-state index is 12.2. The van der Waals surface area contributed by atoms with Gasteiger partial charge in [-0.25, -0.2) is 0 Å². The summed E-state index contributed by atoms with van der Waals surface area (Å²) in [5.41, 5.74) is -2.35. The average Bonchev–Trinajstić information content (AvgIpc) is 2.63. The highest BCUT2D eigenvalue weighted by Gasteiger charge is 2.38. The minimum atomic E-state index is -5.72. The van der Waals surface area contributed by atoms with Gasteiger partial charge in [0.05, 0.1) is 14.2 Å². The van der Waals surface area contributed by atoms with Crippen LogP contribution in [-0.4, -0.2) is 66.1 Å². The number of rotatable bonds is 7. The van der Waals surface area contributed by atoms with E-state index >= 15 is 0 Å². The van der Waals surface area contributed by atoms with Gasteiger partial charge in [-0.15, -0.1) is 0 Å². The smallest absolute Gasteiger partial charge is 0.297 e. The minimum Gasteiger partial charge on any atom is -0.495 e. The number of hydrogen-bond donors (Lipinski definition) is 4. The molecule has 0 aliphatic carbocycles. The number of ether oxygens (including phenoxy) is 2. The van der Waals surface area contributed by atoms with E-state index < -0.39 is 92.7 Å². The molecule has 2 rings (SSSR count). The van der Waals surface area contributed by atoms with E-state index in [1.807, 2.05) is 0 Å². The molecule has 0 amide bonds. The highest BCUT2D eigenvalue weighted by molar-refractivity contribution is 7.89. The molecule has 4 N–H and O–H groups in total. The van der Waals surface area contributed by atoms with Crippen LogP contribution in [0.4, 0.5) is 0 Å². The molecule has 0 bridgehead atoms. The third kappa shape index (κ3) is 5.25. The summed E-state index contributed by atoms with van der Waals surface area (Å²) < 4.78 is 145. The molecule has 0 fully saturated rings. The van der Waals surface area contributed by atoms with Crippen LogP contribution in [0.2, 0.25) is 10.0 Å². The lowest BCUT2D eigenvalue weighted by Gasteiger charge is -2.19. The zero-order chi connectivity index (χ0) is 26.6. The average molecular weight is 603 g/mol. The summed E-state index contributed by atoms with van der Waals surface area (Å²) in [6, 6.07) is 1.07. The Labute approximate surface area is 203 Å². The molecule has 0 heterocycles. The van der Waals surface area contributed by atoms with Gasteiger partial charge in [-0.1, -0.05) is 23.2 Å². The van der Waals surface area contributed by atoms with Crippen molar-refractivity contribution in [1.29, 1.82) is 0 Å². The molecule has 0 aliphatic heterocycles. The molecule has 0 saturated heterocycles. The lowest BCUT2D eigenvalue weighted by Crippen LogP contribution is -2.15. The standard InChI is InChI=1S/C14H12Cl2O14S4/c1-29-7-3-5(11(31(17,18)19)13(9(7)15)33(23,24)25)6-4-8(30-2)10(16)14(34(26,27)28)12(6)32(20,21)22/h3-4H,1-2H3,(H,17,18,19)(H,20,21,22)(H,23,24,25)(H,26,27,28). The number of hydrogen-bond acceptors (Lipinski definition) is 10. The molecule has 0 radical (unpaired) electrons. The largest absolute Gasteiger partial charge is 0.495 e. The number of benzene rings is 2. The Kier molecular flexibility index (Phi) is 7.58. The first-order valence-electron chi connectivity index (χ1n) is 7.89. The van der Waals surface area contributed by atoms with Crippen LogP contribution in [0.3, 0.4) is 0 Å². The summed E-state index contributed by atoms with van der Waals surface area (Å²) in [6.45, 7) is 0. The van der Waals surface area contributed by atoms with Crippen molar-refractivity contribution in [3.8, 4) is 22.6 Å². The summed E-state index contributed by atoms with van der Waals surface area (Å²) in [5.74, 6) is -1.44. The number of methoxy groups -OCH3 is 2. The van der Waals surface area contributed by atoms with Gasteiger partial charge >= 0.3 is 0 Å². The minimum absolute atomic E-state index is 0.533. The zero-order valence-corrected chi connectivity index (χ0v) is 21.2. The van der Waals surface area contributed by atoms with Crippen molar-refractivity contribution >= 4 is 63.7 Å². The third-order valence-corrected chi connectivity index (χ3v) is 9.01. The Morgan fingerprint density at radius 2 is 0.794 bits per heavy atom. The van der Waals surface area contributed by atoms with Crippen molar-refractivity contribution in [2.45, 2.75) is 19.6 Å². The molecule has 0 atom stereocenters. The second kappa shape index (κ2) is 9.04. The summed E-state index contributed by atoms with van der Waals surface area (Å²) in [5, 5.41) is -2.16. The second-order valence-electron chi connectivity index (χ2n) is 6.10. The van der Waals surface area contributed by atoms with Gasteiger partial charge in [-0.3, -0.25) is 18.2 Å².